The Balaban J connectivity index is 3.28. The molecular weight excluding hydrogens is 317 g/mol. The molecule has 80 valence electrons. The summed E-state index contributed by atoms with van der Waals surface area (Å²) in [5.74, 6) is 0.107. The first-order chi connectivity index (χ1) is 7.10. The molecule has 1 rings (SSSR count). The van der Waals surface area contributed by atoms with Crippen molar-refractivity contribution < 1.29 is 13.5 Å². The van der Waals surface area contributed by atoms with Crippen molar-refractivity contribution in [3.63, 3.8) is 0 Å². The minimum Gasteiger partial charge on any atom is -0.481 e. The molecule has 15 heavy (non-hydrogen) atoms. The van der Waals surface area contributed by atoms with Crippen LogP contribution in [0.2, 0.25) is 0 Å². The van der Waals surface area contributed by atoms with Crippen molar-refractivity contribution in [2.45, 2.75) is 12.8 Å². The number of hydrogen-bond donors (Lipinski definition) is 0. The van der Waals surface area contributed by atoms with Crippen LogP contribution in [0.5, 0.6) is 5.88 Å². The Morgan fingerprint density at radius 3 is 2.80 bits per heavy atom. The van der Waals surface area contributed by atoms with Gasteiger partial charge in [-0.15, -0.1) is 0 Å². The van der Waals surface area contributed by atoms with Gasteiger partial charge in [0.2, 0.25) is 5.88 Å². The summed E-state index contributed by atoms with van der Waals surface area (Å²) in [4.78, 5) is 3.94. The minimum atomic E-state index is -2.59. The highest BCUT2D eigenvalue weighted by Gasteiger charge is 2.17. The Morgan fingerprint density at radius 2 is 2.33 bits per heavy atom. The maximum absolute atomic E-state index is 12.6. The van der Waals surface area contributed by atoms with Crippen LogP contribution in [0.3, 0.4) is 0 Å². The first-order valence-corrected chi connectivity index (χ1v) is 5.06. The number of halogens is 3. The smallest absolute Gasteiger partial charge is 0.265 e. The zero-order valence-corrected chi connectivity index (χ0v) is 9.96. The number of nitrogens with zero attached hydrogens (tertiary/aromatic N) is 2. The van der Waals surface area contributed by atoms with Crippen LogP contribution in [0.1, 0.15) is 17.7 Å². The summed E-state index contributed by atoms with van der Waals surface area (Å²) >= 11 is 1.76. The zero-order valence-electron chi connectivity index (χ0n) is 7.80. The monoisotopic (exact) mass is 324 g/mol. The standard InChI is InChI=1S/C9H7F2IN2O/c1-15-7-4-5(9(10)11)8(12)6(14-7)2-3-13/h4,9H,2H2,1H3. The van der Waals surface area contributed by atoms with Crippen molar-refractivity contribution >= 4 is 22.6 Å². The average molecular weight is 324 g/mol. The summed E-state index contributed by atoms with van der Waals surface area (Å²) in [5, 5.41) is 8.52. The Labute approximate surface area is 99.2 Å². The Kier molecular flexibility index (Phi) is 4.20. The number of methoxy groups -OCH3 is 1. The van der Waals surface area contributed by atoms with Gasteiger partial charge in [0.25, 0.3) is 6.43 Å². The van der Waals surface area contributed by atoms with Crippen LogP contribution in [0, 0.1) is 14.9 Å². The average Bonchev–Trinajstić information content (AvgIpc) is 2.21. The number of rotatable bonds is 3. The third-order valence-corrected chi connectivity index (χ3v) is 2.97. The second kappa shape index (κ2) is 5.21. The van der Waals surface area contributed by atoms with E-state index in [4.69, 9.17) is 10.00 Å². The first kappa shape index (κ1) is 12.1. The molecule has 0 saturated heterocycles. The van der Waals surface area contributed by atoms with E-state index in [1.165, 1.54) is 13.2 Å². The molecule has 0 aromatic carbocycles. The lowest BCUT2D eigenvalue weighted by molar-refractivity contribution is 0.149. The highest BCUT2D eigenvalue weighted by Crippen LogP contribution is 2.29. The summed E-state index contributed by atoms with van der Waals surface area (Å²) in [6, 6.07) is 3.06. The number of ether oxygens (including phenoxy) is 1. The van der Waals surface area contributed by atoms with Crippen LogP contribution in [0.25, 0.3) is 0 Å². The van der Waals surface area contributed by atoms with Crippen molar-refractivity contribution in [2.75, 3.05) is 7.11 Å². The van der Waals surface area contributed by atoms with E-state index in [9.17, 15) is 8.78 Å². The van der Waals surface area contributed by atoms with E-state index in [0.29, 0.717) is 9.26 Å². The van der Waals surface area contributed by atoms with E-state index in [0.717, 1.165) is 0 Å². The summed E-state index contributed by atoms with van der Waals surface area (Å²) in [5.41, 5.74) is 0.181. The maximum Gasteiger partial charge on any atom is 0.265 e. The molecule has 0 aliphatic rings. The van der Waals surface area contributed by atoms with Crippen LogP contribution < -0.4 is 4.74 Å². The van der Waals surface area contributed by atoms with Crippen LogP contribution >= 0.6 is 22.6 Å². The normalized spacial score (nSPS) is 10.1. The molecule has 0 bridgehead atoms. The summed E-state index contributed by atoms with van der Waals surface area (Å²) in [7, 11) is 1.35. The van der Waals surface area contributed by atoms with Gasteiger partial charge in [0.1, 0.15) is 0 Å². The number of hydrogen-bond acceptors (Lipinski definition) is 3. The molecule has 1 heterocycles. The van der Waals surface area contributed by atoms with Gasteiger partial charge in [0.15, 0.2) is 0 Å². The van der Waals surface area contributed by atoms with Crippen molar-refractivity contribution in [3.8, 4) is 11.9 Å². The van der Waals surface area contributed by atoms with Crippen molar-refractivity contribution in [3.05, 3.63) is 20.9 Å². The van der Waals surface area contributed by atoms with Gasteiger partial charge in [-0.25, -0.2) is 13.8 Å². The molecule has 0 atom stereocenters. The van der Waals surface area contributed by atoms with Gasteiger partial charge in [-0.1, -0.05) is 0 Å². The van der Waals surface area contributed by atoms with Gasteiger partial charge in [-0.3, -0.25) is 0 Å². The van der Waals surface area contributed by atoms with Gasteiger partial charge in [-0.05, 0) is 22.6 Å². The van der Waals surface area contributed by atoms with Gasteiger partial charge < -0.3 is 4.74 Å². The second-order valence-corrected chi connectivity index (χ2v) is 3.73. The molecule has 0 aliphatic carbocycles. The van der Waals surface area contributed by atoms with E-state index in [1.807, 2.05) is 6.07 Å². The molecule has 6 heteroatoms. The lowest BCUT2D eigenvalue weighted by Crippen LogP contribution is -2.02. The molecule has 0 N–H and O–H groups in total. The molecule has 0 saturated carbocycles. The molecule has 0 unspecified atom stereocenters. The highest BCUT2D eigenvalue weighted by atomic mass is 127. The van der Waals surface area contributed by atoms with E-state index in [-0.39, 0.29) is 17.9 Å². The first-order valence-electron chi connectivity index (χ1n) is 3.98. The minimum absolute atomic E-state index is 0.00477. The Bertz CT molecular complexity index is 404. The fourth-order valence-corrected chi connectivity index (χ4v) is 1.74. The molecule has 1 aromatic rings. The van der Waals surface area contributed by atoms with Crippen LogP contribution in [0.4, 0.5) is 8.78 Å². The number of nitriles is 1. The predicted octanol–water partition coefficient (Wildman–Crippen LogP) is 2.70. The van der Waals surface area contributed by atoms with E-state index < -0.39 is 6.43 Å². The molecule has 0 amide bonds. The molecule has 0 spiro atoms. The van der Waals surface area contributed by atoms with E-state index >= 15 is 0 Å². The fraction of sp³-hybridized carbons (Fsp3) is 0.333. The molecule has 0 fully saturated rings. The second-order valence-electron chi connectivity index (χ2n) is 2.65. The predicted molar refractivity (Wildman–Crippen MR) is 57.8 cm³/mol. The van der Waals surface area contributed by atoms with E-state index in [2.05, 4.69) is 4.98 Å². The molecule has 0 radical (unpaired) electrons. The fourth-order valence-electron chi connectivity index (χ4n) is 1.03. The van der Waals surface area contributed by atoms with E-state index in [1.54, 1.807) is 22.6 Å². The van der Waals surface area contributed by atoms with Crippen LogP contribution in [0.15, 0.2) is 6.07 Å². The quantitative estimate of drug-likeness (QED) is 0.803. The molecule has 0 aliphatic heterocycles. The van der Waals surface area contributed by atoms with Gasteiger partial charge in [0, 0.05) is 15.2 Å². The summed E-state index contributed by atoms with van der Waals surface area (Å²) in [6.07, 6.45) is -2.60. The lowest BCUT2D eigenvalue weighted by Gasteiger charge is -2.09. The summed E-state index contributed by atoms with van der Waals surface area (Å²) < 4.78 is 30.3. The Hall–Kier alpha value is -0.970. The Morgan fingerprint density at radius 1 is 1.67 bits per heavy atom. The summed E-state index contributed by atoms with van der Waals surface area (Å²) in [6.45, 7) is 0. The van der Waals surface area contributed by atoms with Gasteiger partial charge >= 0.3 is 0 Å². The lowest BCUT2D eigenvalue weighted by atomic mass is 10.2. The number of pyridine rings is 1. The zero-order chi connectivity index (χ0) is 11.4. The van der Waals surface area contributed by atoms with Crippen molar-refractivity contribution in [2.24, 2.45) is 0 Å². The van der Waals surface area contributed by atoms with Crippen LogP contribution in [-0.4, -0.2) is 12.1 Å². The van der Waals surface area contributed by atoms with Crippen molar-refractivity contribution in [1.29, 1.82) is 5.26 Å². The van der Waals surface area contributed by atoms with Gasteiger partial charge in [0.05, 0.1) is 25.3 Å². The molecular formula is C9H7F2IN2O. The largest absolute Gasteiger partial charge is 0.481 e. The molecule has 3 nitrogen and oxygen atoms in total. The highest BCUT2D eigenvalue weighted by molar-refractivity contribution is 14.1. The maximum atomic E-state index is 12.6. The SMILES string of the molecule is COc1cc(C(F)F)c(I)c(CC#N)n1. The topological polar surface area (TPSA) is 45.9 Å². The number of aromatic nitrogens is 1. The number of alkyl halides is 2. The van der Waals surface area contributed by atoms with Crippen molar-refractivity contribution in [1.82, 2.24) is 4.98 Å². The van der Waals surface area contributed by atoms with Gasteiger partial charge in [-0.2, -0.15) is 5.26 Å². The third kappa shape index (κ3) is 2.75. The molecule has 1 aromatic heterocycles. The van der Waals surface area contributed by atoms with Crippen LogP contribution in [-0.2, 0) is 6.42 Å². The third-order valence-electron chi connectivity index (χ3n) is 1.72.